The Kier molecular flexibility index (Phi) is 6.35. The van der Waals surface area contributed by atoms with E-state index in [4.69, 9.17) is 4.74 Å². The predicted octanol–water partition coefficient (Wildman–Crippen LogP) is 2.53. The van der Waals surface area contributed by atoms with E-state index in [-0.39, 0.29) is 5.91 Å². The molecule has 0 aromatic heterocycles. The highest BCUT2D eigenvalue weighted by Gasteiger charge is 2.23. The van der Waals surface area contributed by atoms with Gasteiger partial charge in [-0.15, -0.1) is 6.58 Å². The van der Waals surface area contributed by atoms with Gasteiger partial charge in [0.1, 0.15) is 0 Å². The van der Waals surface area contributed by atoms with Gasteiger partial charge in [-0.2, -0.15) is 0 Å². The number of benzene rings is 1. The fourth-order valence-corrected chi connectivity index (χ4v) is 2.67. The number of amides is 1. The number of ether oxygens (including phenoxy) is 2. The van der Waals surface area contributed by atoms with Crippen LogP contribution in [0.25, 0.3) is 0 Å². The lowest BCUT2D eigenvalue weighted by Gasteiger charge is -2.32. The van der Waals surface area contributed by atoms with E-state index in [0.29, 0.717) is 23.7 Å². The number of likely N-dealkylation sites (tertiary alicyclic amines) is 1. The second kappa shape index (κ2) is 8.48. The molecule has 5 nitrogen and oxygen atoms in total. The van der Waals surface area contributed by atoms with Crippen LogP contribution in [0.3, 0.4) is 0 Å². The third-order valence-corrected chi connectivity index (χ3v) is 4.04. The fourth-order valence-electron chi connectivity index (χ4n) is 2.67. The molecule has 0 N–H and O–H groups in total. The van der Waals surface area contributed by atoms with E-state index in [1.165, 1.54) is 7.11 Å². The monoisotopic (exact) mass is 317 g/mol. The Morgan fingerprint density at radius 1 is 1.22 bits per heavy atom. The zero-order valence-electron chi connectivity index (χ0n) is 13.5. The Balaban J connectivity index is 1.87. The number of piperidine rings is 1. The topological polar surface area (TPSA) is 55.8 Å². The van der Waals surface area contributed by atoms with E-state index in [9.17, 15) is 9.59 Å². The highest BCUT2D eigenvalue weighted by molar-refractivity contribution is 5.96. The number of rotatable bonds is 6. The summed E-state index contributed by atoms with van der Waals surface area (Å²) in [6, 6.07) is 6.59. The first kappa shape index (κ1) is 17.2. The molecule has 2 rings (SSSR count). The van der Waals surface area contributed by atoms with Gasteiger partial charge in [-0.25, -0.2) is 4.79 Å². The summed E-state index contributed by atoms with van der Waals surface area (Å²) in [5.74, 6) is 0.108. The molecule has 1 aromatic carbocycles. The maximum Gasteiger partial charge on any atom is 0.337 e. The molecule has 23 heavy (non-hydrogen) atoms. The molecule has 0 bridgehead atoms. The standard InChI is InChI=1S/C18H23NO4/c1-3-12-23-13-14-8-10-19(11-9-14)17(20)15-4-6-16(7-5-15)18(21)22-2/h3-7,14H,1,8-13H2,2H3. The van der Waals surface area contributed by atoms with Crippen molar-refractivity contribution >= 4 is 11.9 Å². The van der Waals surface area contributed by atoms with Gasteiger partial charge in [0.05, 0.1) is 19.3 Å². The van der Waals surface area contributed by atoms with Gasteiger partial charge in [-0.3, -0.25) is 4.79 Å². The summed E-state index contributed by atoms with van der Waals surface area (Å²) in [6.07, 6.45) is 3.64. The Hall–Kier alpha value is -2.14. The molecule has 0 spiro atoms. The Morgan fingerprint density at radius 3 is 2.39 bits per heavy atom. The third-order valence-electron chi connectivity index (χ3n) is 4.04. The summed E-state index contributed by atoms with van der Waals surface area (Å²) < 4.78 is 10.1. The van der Waals surface area contributed by atoms with E-state index in [1.807, 2.05) is 4.90 Å². The molecular formula is C18H23NO4. The van der Waals surface area contributed by atoms with Crippen LogP contribution in [0, 0.1) is 5.92 Å². The van der Waals surface area contributed by atoms with Gasteiger partial charge >= 0.3 is 5.97 Å². The Bertz CT molecular complexity index is 545. The maximum atomic E-state index is 12.5. The minimum absolute atomic E-state index is 0.00637. The van der Waals surface area contributed by atoms with Gasteiger partial charge in [-0.1, -0.05) is 6.08 Å². The summed E-state index contributed by atoms with van der Waals surface area (Å²) in [4.78, 5) is 25.7. The van der Waals surface area contributed by atoms with Crippen molar-refractivity contribution in [1.82, 2.24) is 4.90 Å². The minimum atomic E-state index is -0.399. The summed E-state index contributed by atoms with van der Waals surface area (Å²) in [7, 11) is 1.34. The van der Waals surface area contributed by atoms with Crippen molar-refractivity contribution in [1.29, 1.82) is 0 Å². The molecule has 1 saturated heterocycles. The van der Waals surface area contributed by atoms with Gasteiger partial charge in [0.25, 0.3) is 5.91 Å². The van der Waals surface area contributed by atoms with Gasteiger partial charge in [-0.05, 0) is 43.0 Å². The summed E-state index contributed by atoms with van der Waals surface area (Å²) in [5.41, 5.74) is 1.04. The zero-order valence-corrected chi connectivity index (χ0v) is 13.5. The number of carbonyl (C=O) groups is 2. The fraction of sp³-hybridized carbons (Fsp3) is 0.444. The van der Waals surface area contributed by atoms with Crippen molar-refractivity contribution in [2.45, 2.75) is 12.8 Å². The first-order chi connectivity index (χ1) is 11.2. The molecule has 1 fully saturated rings. The average molecular weight is 317 g/mol. The van der Waals surface area contributed by atoms with Crippen molar-refractivity contribution in [3.8, 4) is 0 Å². The molecule has 0 atom stereocenters. The van der Waals surface area contributed by atoms with E-state index < -0.39 is 5.97 Å². The molecule has 1 aliphatic heterocycles. The first-order valence-corrected chi connectivity index (χ1v) is 7.82. The van der Waals surface area contributed by atoms with E-state index in [0.717, 1.165) is 32.5 Å². The van der Waals surface area contributed by atoms with Crippen LogP contribution in [0.1, 0.15) is 33.6 Å². The van der Waals surface area contributed by atoms with Crippen molar-refractivity contribution < 1.29 is 19.1 Å². The second-order valence-corrected chi connectivity index (χ2v) is 5.63. The van der Waals surface area contributed by atoms with Gasteiger partial charge < -0.3 is 14.4 Å². The molecule has 1 heterocycles. The number of methoxy groups -OCH3 is 1. The molecule has 0 unspecified atom stereocenters. The number of hydrogen-bond acceptors (Lipinski definition) is 4. The lowest BCUT2D eigenvalue weighted by Crippen LogP contribution is -2.39. The highest BCUT2D eigenvalue weighted by Crippen LogP contribution is 2.19. The number of hydrogen-bond donors (Lipinski definition) is 0. The van der Waals surface area contributed by atoms with Crippen molar-refractivity contribution in [2.75, 3.05) is 33.4 Å². The van der Waals surface area contributed by atoms with Gasteiger partial charge in [0.15, 0.2) is 0 Å². The van der Waals surface area contributed by atoms with E-state index >= 15 is 0 Å². The minimum Gasteiger partial charge on any atom is -0.465 e. The van der Waals surface area contributed by atoms with Crippen LogP contribution in [-0.4, -0.2) is 50.2 Å². The Labute approximate surface area is 136 Å². The zero-order chi connectivity index (χ0) is 16.7. The van der Waals surface area contributed by atoms with Gasteiger partial charge in [0, 0.05) is 25.3 Å². The normalized spacial score (nSPS) is 15.3. The van der Waals surface area contributed by atoms with Gasteiger partial charge in [0.2, 0.25) is 0 Å². The first-order valence-electron chi connectivity index (χ1n) is 7.82. The van der Waals surface area contributed by atoms with E-state index in [2.05, 4.69) is 11.3 Å². The average Bonchev–Trinajstić information content (AvgIpc) is 2.61. The largest absolute Gasteiger partial charge is 0.465 e. The maximum absolute atomic E-state index is 12.5. The highest BCUT2D eigenvalue weighted by atomic mass is 16.5. The van der Waals surface area contributed by atoms with Crippen LogP contribution in [0.15, 0.2) is 36.9 Å². The molecule has 0 radical (unpaired) electrons. The van der Waals surface area contributed by atoms with Crippen LogP contribution in [-0.2, 0) is 9.47 Å². The van der Waals surface area contributed by atoms with Crippen LogP contribution >= 0.6 is 0 Å². The molecule has 1 aliphatic rings. The second-order valence-electron chi connectivity index (χ2n) is 5.63. The number of nitrogens with zero attached hydrogens (tertiary/aromatic N) is 1. The molecular weight excluding hydrogens is 294 g/mol. The predicted molar refractivity (Wildman–Crippen MR) is 87.4 cm³/mol. The van der Waals surface area contributed by atoms with Crippen LogP contribution in [0.4, 0.5) is 0 Å². The molecule has 1 amide bonds. The molecule has 1 aromatic rings. The van der Waals surface area contributed by atoms with Crippen molar-refractivity contribution in [2.24, 2.45) is 5.92 Å². The Morgan fingerprint density at radius 2 is 1.83 bits per heavy atom. The summed E-state index contributed by atoms with van der Waals surface area (Å²) in [6.45, 7) is 6.40. The number of esters is 1. The smallest absolute Gasteiger partial charge is 0.337 e. The van der Waals surface area contributed by atoms with Crippen molar-refractivity contribution in [3.05, 3.63) is 48.0 Å². The molecule has 0 aliphatic carbocycles. The van der Waals surface area contributed by atoms with Crippen LogP contribution in [0.2, 0.25) is 0 Å². The SMILES string of the molecule is C=CCOCC1CCN(C(=O)c2ccc(C(=O)OC)cc2)CC1. The van der Waals surface area contributed by atoms with Crippen LogP contribution < -0.4 is 0 Å². The quantitative estimate of drug-likeness (QED) is 0.459. The van der Waals surface area contributed by atoms with Crippen LogP contribution in [0.5, 0.6) is 0 Å². The number of carbonyl (C=O) groups excluding carboxylic acids is 2. The van der Waals surface area contributed by atoms with Crippen molar-refractivity contribution in [3.63, 3.8) is 0 Å². The summed E-state index contributed by atoms with van der Waals surface area (Å²) in [5, 5.41) is 0. The van der Waals surface area contributed by atoms with E-state index in [1.54, 1.807) is 30.3 Å². The lowest BCUT2D eigenvalue weighted by molar-refractivity contribution is 0.0572. The molecule has 0 saturated carbocycles. The molecule has 5 heteroatoms. The third kappa shape index (κ3) is 4.66. The lowest BCUT2D eigenvalue weighted by atomic mass is 9.97. The summed E-state index contributed by atoms with van der Waals surface area (Å²) >= 11 is 0. The molecule has 124 valence electrons.